The van der Waals surface area contributed by atoms with E-state index in [-0.39, 0.29) is 5.91 Å². The van der Waals surface area contributed by atoms with Gasteiger partial charge in [0.25, 0.3) is 5.91 Å². The van der Waals surface area contributed by atoms with Crippen LogP contribution in [-0.4, -0.2) is 41.9 Å². The Bertz CT molecular complexity index is 1190. The van der Waals surface area contributed by atoms with Crippen LogP contribution < -0.4 is 11.1 Å². The molecule has 5 N–H and O–H groups in total. The summed E-state index contributed by atoms with van der Waals surface area (Å²) in [6, 6.07) is 3.28. The van der Waals surface area contributed by atoms with Crippen LogP contribution in [0.5, 0.6) is 0 Å². The van der Waals surface area contributed by atoms with Crippen molar-refractivity contribution in [2.45, 2.75) is 26.8 Å². The number of aliphatic carboxylic acids is 1. The number of aromatic amines is 1. The number of thiazole rings is 1. The molecule has 156 valence electrons. The number of amides is 1. The molecule has 4 rings (SSSR count). The zero-order valence-electron chi connectivity index (χ0n) is 16.6. The third-order valence-electron chi connectivity index (χ3n) is 4.30. The predicted molar refractivity (Wildman–Crippen MR) is 115 cm³/mol. The molecule has 0 aliphatic carbocycles. The lowest BCUT2D eigenvalue weighted by Gasteiger charge is -2.08. The lowest BCUT2D eigenvalue weighted by molar-refractivity contribution is -0.140. The minimum atomic E-state index is -0.867. The summed E-state index contributed by atoms with van der Waals surface area (Å²) in [4.78, 5) is 26.9. The number of nitrogens with one attached hydrogen (secondary N) is 2. The van der Waals surface area contributed by atoms with Crippen molar-refractivity contribution in [1.82, 2.24) is 25.0 Å². The molecule has 4 aromatic rings. The fourth-order valence-corrected chi connectivity index (χ4v) is 3.20. The number of H-pyrrole nitrogens is 1. The molecule has 0 fully saturated rings. The summed E-state index contributed by atoms with van der Waals surface area (Å²) in [6.45, 7) is 5.40. The highest BCUT2D eigenvalue weighted by molar-refractivity contribution is 7.17. The topological polar surface area (TPSA) is 152 Å². The predicted octanol–water partition coefficient (Wildman–Crippen LogP) is 3.00. The Labute approximate surface area is 175 Å². The van der Waals surface area contributed by atoms with E-state index >= 15 is 0 Å². The Balaban J connectivity index is 0.000000199. The average Bonchev–Trinajstić information content (AvgIpc) is 3.44. The molecule has 0 radical (unpaired) electrons. The SMILES string of the molecule is Cc1ccc2[nH]ncc2c1NC(=O)c1cnc(N)s1.Cc1cnn(C(C)C(=O)O)c1. The summed E-state index contributed by atoms with van der Waals surface area (Å²) < 4.78 is 1.43. The number of aromatic nitrogens is 5. The number of benzene rings is 1. The van der Waals surface area contributed by atoms with Crippen molar-refractivity contribution in [2.24, 2.45) is 0 Å². The number of hydrogen-bond acceptors (Lipinski definition) is 7. The summed E-state index contributed by atoms with van der Waals surface area (Å²) >= 11 is 1.16. The molecular formula is C19H21N7O3S. The van der Waals surface area contributed by atoms with Gasteiger partial charge in [0.2, 0.25) is 0 Å². The first-order valence-electron chi connectivity index (χ1n) is 8.95. The first kappa shape index (κ1) is 21.0. The van der Waals surface area contributed by atoms with Crippen LogP contribution >= 0.6 is 11.3 Å². The van der Waals surface area contributed by atoms with Crippen LogP contribution in [0.1, 0.15) is 33.8 Å². The van der Waals surface area contributed by atoms with Crippen molar-refractivity contribution in [3.8, 4) is 0 Å². The number of nitrogens with zero attached hydrogens (tertiary/aromatic N) is 4. The number of carbonyl (C=O) groups is 2. The van der Waals surface area contributed by atoms with Crippen LogP contribution in [-0.2, 0) is 4.79 Å². The van der Waals surface area contributed by atoms with E-state index in [0.29, 0.717) is 10.0 Å². The number of carboxylic acid groups (broad SMARTS) is 1. The molecule has 3 heterocycles. The van der Waals surface area contributed by atoms with E-state index in [4.69, 9.17) is 10.8 Å². The van der Waals surface area contributed by atoms with E-state index in [0.717, 1.165) is 39.1 Å². The van der Waals surface area contributed by atoms with Gasteiger partial charge in [-0.1, -0.05) is 17.4 Å². The largest absolute Gasteiger partial charge is 0.480 e. The molecule has 0 saturated heterocycles. The Morgan fingerprint density at radius 2 is 2.03 bits per heavy atom. The zero-order valence-corrected chi connectivity index (χ0v) is 17.4. The lowest BCUT2D eigenvalue weighted by Crippen LogP contribution is -2.15. The maximum Gasteiger partial charge on any atom is 0.328 e. The second-order valence-electron chi connectivity index (χ2n) is 6.62. The highest BCUT2D eigenvalue weighted by Gasteiger charge is 2.14. The van der Waals surface area contributed by atoms with Crippen molar-refractivity contribution in [3.05, 3.63) is 52.9 Å². The van der Waals surface area contributed by atoms with E-state index in [1.54, 1.807) is 25.5 Å². The van der Waals surface area contributed by atoms with E-state index < -0.39 is 12.0 Å². The van der Waals surface area contributed by atoms with Gasteiger partial charge in [0.05, 0.1) is 29.8 Å². The number of hydrogen-bond donors (Lipinski definition) is 4. The molecule has 1 atom stereocenters. The monoisotopic (exact) mass is 427 g/mol. The molecule has 10 nitrogen and oxygen atoms in total. The standard InChI is InChI=1S/C12H11N5OS.C7H10N2O2/c1-6-2-3-8-7(4-15-17-8)10(6)16-11(18)9-5-14-12(13)19-9;1-5-3-8-9(4-5)6(2)7(10)11/h2-5H,1H3,(H2,13,14)(H,15,17)(H,16,18);3-4,6H,1-2H3,(H,10,11). The van der Waals surface area contributed by atoms with Gasteiger partial charge in [-0.15, -0.1) is 0 Å². The van der Waals surface area contributed by atoms with Crippen molar-refractivity contribution < 1.29 is 14.7 Å². The van der Waals surface area contributed by atoms with Gasteiger partial charge in [0.1, 0.15) is 10.9 Å². The smallest absolute Gasteiger partial charge is 0.328 e. The highest BCUT2D eigenvalue weighted by atomic mass is 32.1. The van der Waals surface area contributed by atoms with Crippen LogP contribution in [0.2, 0.25) is 0 Å². The Morgan fingerprint density at radius 3 is 2.63 bits per heavy atom. The second kappa shape index (κ2) is 8.74. The maximum absolute atomic E-state index is 12.1. The number of anilines is 2. The fourth-order valence-electron chi connectivity index (χ4n) is 2.62. The van der Waals surface area contributed by atoms with Crippen LogP contribution in [0.4, 0.5) is 10.8 Å². The van der Waals surface area contributed by atoms with Gasteiger partial charge in [0, 0.05) is 11.6 Å². The van der Waals surface area contributed by atoms with Crippen molar-refractivity contribution in [3.63, 3.8) is 0 Å². The molecule has 1 amide bonds. The first-order valence-corrected chi connectivity index (χ1v) is 9.76. The van der Waals surface area contributed by atoms with E-state index in [1.165, 1.54) is 10.9 Å². The number of nitrogen functional groups attached to an aromatic ring is 1. The molecule has 30 heavy (non-hydrogen) atoms. The van der Waals surface area contributed by atoms with Gasteiger partial charge in [-0.3, -0.25) is 14.6 Å². The Morgan fingerprint density at radius 1 is 1.27 bits per heavy atom. The molecule has 0 aliphatic heterocycles. The number of rotatable bonds is 4. The number of aryl methyl sites for hydroxylation is 2. The first-order chi connectivity index (χ1) is 14.3. The van der Waals surface area contributed by atoms with Crippen LogP contribution in [0.25, 0.3) is 10.9 Å². The molecule has 1 unspecified atom stereocenters. The second-order valence-corrected chi connectivity index (χ2v) is 7.68. The minimum Gasteiger partial charge on any atom is -0.480 e. The number of fused-ring (bicyclic) bond motifs is 1. The minimum absolute atomic E-state index is 0.217. The van der Waals surface area contributed by atoms with Crippen LogP contribution in [0, 0.1) is 13.8 Å². The molecule has 0 aliphatic rings. The summed E-state index contributed by atoms with van der Waals surface area (Å²) in [5, 5.41) is 23.5. The number of carboxylic acids is 1. The normalized spacial score (nSPS) is 11.6. The molecule has 3 aromatic heterocycles. The van der Waals surface area contributed by atoms with Gasteiger partial charge >= 0.3 is 5.97 Å². The molecule has 0 saturated carbocycles. The summed E-state index contributed by atoms with van der Waals surface area (Å²) in [5.74, 6) is -1.08. The van der Waals surface area contributed by atoms with Crippen LogP contribution in [0.3, 0.4) is 0 Å². The zero-order chi connectivity index (χ0) is 21.8. The number of carbonyl (C=O) groups excluding carboxylic acids is 1. The van der Waals surface area contributed by atoms with Crippen molar-refractivity contribution in [1.29, 1.82) is 0 Å². The van der Waals surface area contributed by atoms with Gasteiger partial charge in [-0.2, -0.15) is 10.2 Å². The molecule has 0 spiro atoms. The lowest BCUT2D eigenvalue weighted by atomic mass is 10.1. The van der Waals surface area contributed by atoms with Gasteiger partial charge < -0.3 is 16.2 Å². The van der Waals surface area contributed by atoms with E-state index in [1.807, 2.05) is 26.0 Å². The average molecular weight is 427 g/mol. The maximum atomic E-state index is 12.1. The third kappa shape index (κ3) is 4.63. The summed E-state index contributed by atoms with van der Waals surface area (Å²) in [7, 11) is 0. The Kier molecular flexibility index (Phi) is 6.11. The van der Waals surface area contributed by atoms with Crippen molar-refractivity contribution >= 4 is 44.9 Å². The van der Waals surface area contributed by atoms with E-state index in [9.17, 15) is 9.59 Å². The molecule has 0 bridgehead atoms. The van der Waals surface area contributed by atoms with E-state index in [2.05, 4.69) is 25.6 Å². The highest BCUT2D eigenvalue weighted by Crippen LogP contribution is 2.26. The fraction of sp³-hybridized carbons (Fsp3) is 0.211. The molecular weight excluding hydrogens is 406 g/mol. The van der Waals surface area contributed by atoms with Crippen molar-refractivity contribution in [2.75, 3.05) is 11.1 Å². The summed E-state index contributed by atoms with van der Waals surface area (Å²) in [6.07, 6.45) is 6.51. The van der Waals surface area contributed by atoms with Gasteiger partial charge in [0.15, 0.2) is 5.13 Å². The third-order valence-corrected chi connectivity index (χ3v) is 5.13. The molecule has 11 heteroatoms. The van der Waals surface area contributed by atoms with Crippen LogP contribution in [0.15, 0.2) is 36.9 Å². The van der Waals surface area contributed by atoms with Gasteiger partial charge in [-0.05, 0) is 38.0 Å². The quantitative estimate of drug-likeness (QED) is 0.391. The Hall–Kier alpha value is -3.73. The number of nitrogens with two attached hydrogens (primary N) is 1. The summed E-state index contributed by atoms with van der Waals surface area (Å²) in [5.41, 5.74) is 9.10. The molecule has 1 aromatic carbocycles. The van der Waals surface area contributed by atoms with Gasteiger partial charge in [-0.25, -0.2) is 9.78 Å².